The second-order valence-corrected chi connectivity index (χ2v) is 6.85. The quantitative estimate of drug-likeness (QED) is 0.798. The zero-order valence-electron chi connectivity index (χ0n) is 12.4. The van der Waals surface area contributed by atoms with Crippen LogP contribution in [0.2, 0.25) is 0 Å². The van der Waals surface area contributed by atoms with Gasteiger partial charge in [-0.05, 0) is 27.2 Å². The topological polar surface area (TPSA) is 58.6 Å². The third-order valence-corrected chi connectivity index (χ3v) is 4.15. The molecule has 2 unspecified atom stereocenters. The average Bonchev–Trinajstić information content (AvgIpc) is 2.72. The molecule has 6 heteroatoms. The molecule has 5 nitrogen and oxygen atoms in total. The molecule has 2 fully saturated rings. The fraction of sp³-hybridized carbons (Fsp3) is 0.857. The number of nitrogens with zero attached hydrogens (tertiary/aromatic N) is 1. The Morgan fingerprint density at radius 3 is 2.85 bits per heavy atom. The molecule has 0 aromatic carbocycles. The van der Waals surface area contributed by atoms with Crippen molar-refractivity contribution in [2.75, 3.05) is 26.3 Å². The summed E-state index contributed by atoms with van der Waals surface area (Å²) in [4.78, 5) is 25.3. The third kappa shape index (κ3) is 3.04. The summed E-state index contributed by atoms with van der Waals surface area (Å²) in [6, 6.07) is 0. The Hall–Kier alpha value is -1.33. The summed E-state index contributed by atoms with van der Waals surface area (Å²) in [7, 11) is 0. The van der Waals surface area contributed by atoms with Crippen LogP contribution in [-0.4, -0.2) is 48.8 Å². The average molecular weight is 286 g/mol. The maximum absolute atomic E-state index is 13.2. The van der Waals surface area contributed by atoms with Crippen molar-refractivity contribution in [2.24, 2.45) is 11.3 Å². The largest absolute Gasteiger partial charge is 0.444 e. The Morgan fingerprint density at radius 1 is 1.55 bits per heavy atom. The van der Waals surface area contributed by atoms with E-state index in [1.54, 1.807) is 4.90 Å². The molecule has 114 valence electrons. The molecule has 0 radical (unpaired) electrons. The molecule has 1 spiro atoms. The first kappa shape index (κ1) is 15.1. The molecular formula is C14H23FN2O3. The molecule has 0 bridgehead atoms. The smallest absolute Gasteiger partial charge is 0.410 e. The van der Waals surface area contributed by atoms with Crippen LogP contribution in [0, 0.1) is 11.3 Å². The Morgan fingerprint density at radius 2 is 2.25 bits per heavy atom. The van der Waals surface area contributed by atoms with E-state index in [1.807, 2.05) is 20.8 Å². The monoisotopic (exact) mass is 286 g/mol. The van der Waals surface area contributed by atoms with Crippen LogP contribution < -0.4 is 5.32 Å². The Labute approximate surface area is 118 Å². The van der Waals surface area contributed by atoms with Crippen molar-refractivity contribution in [2.45, 2.75) is 39.2 Å². The zero-order chi connectivity index (χ0) is 15.0. The van der Waals surface area contributed by atoms with E-state index in [1.165, 1.54) is 0 Å². The molecule has 0 aliphatic carbocycles. The molecule has 2 aliphatic heterocycles. The maximum Gasteiger partial charge on any atom is 0.410 e. The van der Waals surface area contributed by atoms with E-state index >= 15 is 0 Å². The summed E-state index contributed by atoms with van der Waals surface area (Å²) in [6.07, 6.45) is 0.577. The number of rotatable bonds is 1. The van der Waals surface area contributed by atoms with E-state index in [2.05, 4.69) is 5.32 Å². The molecule has 20 heavy (non-hydrogen) atoms. The number of halogens is 1. The Bertz CT molecular complexity index is 408. The van der Waals surface area contributed by atoms with E-state index < -0.39 is 17.7 Å². The number of hydrogen-bond acceptors (Lipinski definition) is 3. The molecule has 2 atom stereocenters. The minimum Gasteiger partial charge on any atom is -0.444 e. The van der Waals surface area contributed by atoms with Crippen molar-refractivity contribution < 1.29 is 18.7 Å². The normalized spacial score (nSPS) is 30.5. The highest BCUT2D eigenvalue weighted by atomic mass is 19.1. The minimum absolute atomic E-state index is 0.0549. The number of carbonyl (C=O) groups excluding carboxylic acids is 2. The van der Waals surface area contributed by atoms with Gasteiger partial charge in [0.1, 0.15) is 5.60 Å². The molecule has 2 amide bonds. The van der Waals surface area contributed by atoms with Crippen LogP contribution in [-0.2, 0) is 9.53 Å². The van der Waals surface area contributed by atoms with Crippen LogP contribution in [0.15, 0.2) is 0 Å². The Balaban J connectivity index is 2.06. The van der Waals surface area contributed by atoms with Crippen molar-refractivity contribution in [3.05, 3.63) is 0 Å². The number of alkyl halides is 1. The van der Waals surface area contributed by atoms with Crippen LogP contribution in [0.3, 0.4) is 0 Å². The maximum atomic E-state index is 13.2. The van der Waals surface area contributed by atoms with E-state index in [0.717, 1.165) is 0 Å². The molecule has 2 rings (SSSR count). The van der Waals surface area contributed by atoms with E-state index in [0.29, 0.717) is 32.5 Å². The first-order valence-corrected chi connectivity index (χ1v) is 7.06. The summed E-state index contributed by atoms with van der Waals surface area (Å²) in [5, 5.41) is 2.70. The number of hydrogen-bond donors (Lipinski definition) is 1. The summed E-state index contributed by atoms with van der Waals surface area (Å²) in [5.41, 5.74) is -0.968. The summed E-state index contributed by atoms with van der Waals surface area (Å²) < 4.78 is 18.6. The van der Waals surface area contributed by atoms with Gasteiger partial charge in [-0.25, -0.2) is 4.79 Å². The van der Waals surface area contributed by atoms with Crippen molar-refractivity contribution in [1.82, 2.24) is 10.2 Å². The lowest BCUT2D eigenvalue weighted by molar-refractivity contribution is -0.128. The first-order valence-electron chi connectivity index (χ1n) is 7.06. The van der Waals surface area contributed by atoms with Gasteiger partial charge in [-0.3, -0.25) is 9.18 Å². The lowest BCUT2D eigenvalue weighted by Crippen LogP contribution is -2.50. The highest BCUT2D eigenvalue weighted by molar-refractivity contribution is 5.78. The van der Waals surface area contributed by atoms with E-state index in [-0.39, 0.29) is 17.9 Å². The van der Waals surface area contributed by atoms with Gasteiger partial charge in [0, 0.05) is 37.4 Å². The van der Waals surface area contributed by atoms with Gasteiger partial charge in [-0.1, -0.05) is 0 Å². The van der Waals surface area contributed by atoms with Crippen LogP contribution in [0.5, 0.6) is 0 Å². The zero-order valence-corrected chi connectivity index (χ0v) is 12.4. The van der Waals surface area contributed by atoms with Gasteiger partial charge in [0.05, 0.1) is 6.67 Å². The van der Waals surface area contributed by atoms with Gasteiger partial charge in [0.2, 0.25) is 5.91 Å². The van der Waals surface area contributed by atoms with Gasteiger partial charge in [0.25, 0.3) is 0 Å². The fourth-order valence-electron chi connectivity index (χ4n) is 3.05. The molecule has 2 aliphatic rings. The van der Waals surface area contributed by atoms with Crippen LogP contribution in [0.25, 0.3) is 0 Å². The number of piperidine rings is 1. The predicted molar refractivity (Wildman–Crippen MR) is 71.9 cm³/mol. The number of ether oxygens (including phenoxy) is 1. The summed E-state index contributed by atoms with van der Waals surface area (Å²) >= 11 is 0. The molecule has 1 N–H and O–H groups in total. The second kappa shape index (κ2) is 5.22. The highest BCUT2D eigenvalue weighted by Gasteiger charge is 2.49. The van der Waals surface area contributed by atoms with Gasteiger partial charge in [-0.2, -0.15) is 0 Å². The second-order valence-electron chi connectivity index (χ2n) is 6.85. The standard InChI is InChI=1S/C14H23FN2O3/c1-13(2,3)20-12(19)17-5-4-14(9-17)6-11(18)16-8-10(14)7-15/h10H,4-9H2,1-3H3,(H,16,18). The first-order chi connectivity index (χ1) is 9.26. The predicted octanol–water partition coefficient (Wildman–Crippen LogP) is 1.72. The molecule has 0 aromatic heterocycles. The fourth-order valence-corrected chi connectivity index (χ4v) is 3.05. The van der Waals surface area contributed by atoms with Crippen LogP contribution >= 0.6 is 0 Å². The lowest BCUT2D eigenvalue weighted by Gasteiger charge is -2.39. The van der Waals surface area contributed by atoms with Crippen LogP contribution in [0.1, 0.15) is 33.6 Å². The molecular weight excluding hydrogens is 263 g/mol. The van der Waals surface area contributed by atoms with Crippen LogP contribution in [0.4, 0.5) is 9.18 Å². The van der Waals surface area contributed by atoms with Gasteiger partial charge in [0.15, 0.2) is 0 Å². The van der Waals surface area contributed by atoms with Crippen molar-refractivity contribution in [1.29, 1.82) is 0 Å². The van der Waals surface area contributed by atoms with E-state index in [4.69, 9.17) is 4.74 Å². The van der Waals surface area contributed by atoms with E-state index in [9.17, 15) is 14.0 Å². The Kier molecular flexibility index (Phi) is 3.93. The SMILES string of the molecule is CC(C)(C)OC(=O)N1CCC2(CC(=O)NCC2CF)C1. The van der Waals surface area contributed by atoms with Gasteiger partial charge < -0.3 is 15.0 Å². The molecule has 0 saturated carbocycles. The number of carbonyl (C=O) groups is 2. The molecule has 0 aromatic rings. The van der Waals surface area contributed by atoms with Crippen molar-refractivity contribution >= 4 is 12.0 Å². The summed E-state index contributed by atoms with van der Waals surface area (Å²) in [6.45, 7) is 6.27. The molecule has 2 heterocycles. The summed E-state index contributed by atoms with van der Waals surface area (Å²) in [5.74, 6) is -0.270. The number of nitrogens with one attached hydrogen (secondary N) is 1. The third-order valence-electron chi connectivity index (χ3n) is 4.15. The number of amides is 2. The van der Waals surface area contributed by atoms with Crippen molar-refractivity contribution in [3.8, 4) is 0 Å². The minimum atomic E-state index is -0.545. The van der Waals surface area contributed by atoms with Gasteiger partial charge >= 0.3 is 6.09 Å². The number of likely N-dealkylation sites (tertiary alicyclic amines) is 1. The molecule has 2 saturated heterocycles. The highest BCUT2D eigenvalue weighted by Crippen LogP contribution is 2.43. The lowest BCUT2D eigenvalue weighted by atomic mass is 9.70. The van der Waals surface area contributed by atoms with Gasteiger partial charge in [-0.15, -0.1) is 0 Å². The van der Waals surface area contributed by atoms with Crippen molar-refractivity contribution in [3.63, 3.8) is 0 Å².